The summed E-state index contributed by atoms with van der Waals surface area (Å²) < 4.78 is 5.44. The topological polar surface area (TPSA) is 129 Å². The Kier molecular flexibility index (Phi) is 4.87. The number of guanidine groups is 2. The van der Waals surface area contributed by atoms with Crippen LogP contribution in [0.2, 0.25) is 0 Å². The standard InChI is InChI=1S/C11H14BrN5O2/c1-5-3-8(16-11(15)17-10(13)14)6(4-7(5)12)9(18)19-2/h3-4H,1-2H3,(H6,13,14,15,16,17). The lowest BCUT2D eigenvalue weighted by molar-refractivity contribution is 0.0601. The average molecular weight is 328 g/mol. The number of methoxy groups -OCH3 is 1. The van der Waals surface area contributed by atoms with Gasteiger partial charge in [-0.3, -0.25) is 0 Å². The van der Waals surface area contributed by atoms with Gasteiger partial charge < -0.3 is 21.9 Å². The van der Waals surface area contributed by atoms with E-state index in [1.165, 1.54) is 7.11 Å². The van der Waals surface area contributed by atoms with E-state index >= 15 is 0 Å². The van der Waals surface area contributed by atoms with Gasteiger partial charge in [-0.25, -0.2) is 9.79 Å². The molecule has 0 radical (unpaired) electrons. The zero-order valence-electron chi connectivity index (χ0n) is 10.5. The lowest BCUT2D eigenvalue weighted by Gasteiger charge is -2.07. The van der Waals surface area contributed by atoms with Gasteiger partial charge in [0, 0.05) is 4.47 Å². The van der Waals surface area contributed by atoms with Gasteiger partial charge in [-0.1, -0.05) is 15.9 Å². The summed E-state index contributed by atoms with van der Waals surface area (Å²) in [5.41, 5.74) is 17.4. The van der Waals surface area contributed by atoms with E-state index in [0.29, 0.717) is 5.69 Å². The number of carbonyl (C=O) groups is 1. The third-order valence-electron chi connectivity index (χ3n) is 2.16. The summed E-state index contributed by atoms with van der Waals surface area (Å²) in [5, 5.41) is 0. The fraction of sp³-hybridized carbons (Fsp3) is 0.182. The third kappa shape index (κ3) is 3.95. The number of aryl methyl sites for hydroxylation is 1. The summed E-state index contributed by atoms with van der Waals surface area (Å²) in [6, 6.07) is 3.27. The summed E-state index contributed by atoms with van der Waals surface area (Å²) >= 11 is 3.33. The highest BCUT2D eigenvalue weighted by molar-refractivity contribution is 9.10. The number of nitrogens with zero attached hydrogens (tertiary/aromatic N) is 2. The van der Waals surface area contributed by atoms with Crippen molar-refractivity contribution in [3.8, 4) is 0 Å². The molecule has 0 fully saturated rings. The number of halogens is 1. The Bertz CT molecular complexity index is 564. The highest BCUT2D eigenvalue weighted by atomic mass is 79.9. The molecule has 0 unspecified atom stereocenters. The predicted molar refractivity (Wildman–Crippen MR) is 77.3 cm³/mol. The number of esters is 1. The number of ether oxygens (including phenoxy) is 1. The number of rotatable bonds is 2. The van der Waals surface area contributed by atoms with Crippen LogP contribution in [-0.4, -0.2) is 25.0 Å². The molecule has 0 aromatic heterocycles. The molecule has 0 amide bonds. The molecule has 1 aromatic rings. The van der Waals surface area contributed by atoms with Gasteiger partial charge in [0.25, 0.3) is 0 Å². The first-order valence-corrected chi connectivity index (χ1v) is 5.96. The highest BCUT2D eigenvalue weighted by Gasteiger charge is 2.14. The molecule has 0 bridgehead atoms. The Hall–Kier alpha value is -2.09. The third-order valence-corrected chi connectivity index (χ3v) is 3.02. The molecule has 0 atom stereocenters. The molecule has 6 N–H and O–H groups in total. The predicted octanol–water partition coefficient (Wildman–Crippen LogP) is 0.764. The summed E-state index contributed by atoms with van der Waals surface area (Å²) in [4.78, 5) is 19.2. The number of aliphatic imine (C=N–C) groups is 2. The lowest BCUT2D eigenvalue weighted by atomic mass is 10.1. The van der Waals surface area contributed by atoms with Gasteiger partial charge in [0.05, 0.1) is 18.4 Å². The van der Waals surface area contributed by atoms with Crippen molar-refractivity contribution < 1.29 is 9.53 Å². The Balaban J connectivity index is 3.37. The smallest absolute Gasteiger partial charge is 0.340 e. The Morgan fingerprint density at radius 2 is 1.95 bits per heavy atom. The largest absolute Gasteiger partial charge is 0.465 e. The van der Waals surface area contributed by atoms with Crippen LogP contribution in [0.1, 0.15) is 15.9 Å². The van der Waals surface area contributed by atoms with E-state index in [2.05, 4.69) is 30.7 Å². The Labute approximate surface area is 118 Å². The van der Waals surface area contributed by atoms with Gasteiger partial charge in [-0.2, -0.15) is 4.99 Å². The molecule has 0 aliphatic rings. The average Bonchev–Trinajstić information content (AvgIpc) is 2.31. The summed E-state index contributed by atoms with van der Waals surface area (Å²) in [7, 11) is 1.28. The van der Waals surface area contributed by atoms with Gasteiger partial charge in [-0.15, -0.1) is 0 Å². The maximum absolute atomic E-state index is 11.7. The zero-order valence-corrected chi connectivity index (χ0v) is 12.1. The summed E-state index contributed by atoms with van der Waals surface area (Å²) in [6.45, 7) is 1.85. The van der Waals surface area contributed by atoms with E-state index in [0.717, 1.165) is 10.0 Å². The molecule has 7 nitrogen and oxygen atoms in total. The van der Waals surface area contributed by atoms with Crippen molar-refractivity contribution in [1.29, 1.82) is 0 Å². The molecule has 8 heteroatoms. The van der Waals surface area contributed by atoms with Crippen LogP contribution < -0.4 is 17.2 Å². The Morgan fingerprint density at radius 3 is 2.47 bits per heavy atom. The first-order valence-electron chi connectivity index (χ1n) is 5.17. The normalized spacial score (nSPS) is 11.0. The van der Waals surface area contributed by atoms with Crippen LogP contribution in [0.3, 0.4) is 0 Å². The van der Waals surface area contributed by atoms with Crippen molar-refractivity contribution in [1.82, 2.24) is 0 Å². The van der Waals surface area contributed by atoms with Gasteiger partial charge in [0.1, 0.15) is 0 Å². The van der Waals surface area contributed by atoms with E-state index in [4.69, 9.17) is 17.2 Å². The minimum absolute atomic E-state index is 0.146. The monoisotopic (exact) mass is 327 g/mol. The fourth-order valence-corrected chi connectivity index (χ4v) is 1.66. The van der Waals surface area contributed by atoms with Crippen LogP contribution in [0, 0.1) is 6.92 Å². The highest BCUT2D eigenvalue weighted by Crippen LogP contribution is 2.28. The number of nitrogens with two attached hydrogens (primary N) is 3. The van der Waals surface area contributed by atoms with Crippen LogP contribution in [-0.2, 0) is 4.74 Å². The van der Waals surface area contributed by atoms with E-state index in [1.807, 2.05) is 6.92 Å². The lowest BCUT2D eigenvalue weighted by Crippen LogP contribution is -2.26. The maximum atomic E-state index is 11.7. The molecule has 1 aromatic carbocycles. The molecular weight excluding hydrogens is 314 g/mol. The molecular formula is C11H14BrN5O2. The van der Waals surface area contributed by atoms with Gasteiger partial charge >= 0.3 is 5.97 Å². The maximum Gasteiger partial charge on any atom is 0.340 e. The second-order valence-electron chi connectivity index (χ2n) is 3.62. The van der Waals surface area contributed by atoms with Crippen molar-refractivity contribution in [3.63, 3.8) is 0 Å². The van der Waals surface area contributed by atoms with Crippen LogP contribution >= 0.6 is 15.9 Å². The number of carbonyl (C=O) groups excluding carboxylic acids is 1. The number of hydrogen-bond acceptors (Lipinski definition) is 3. The molecule has 1 rings (SSSR count). The first kappa shape index (κ1) is 15.0. The van der Waals surface area contributed by atoms with Gasteiger partial charge in [0.15, 0.2) is 5.96 Å². The van der Waals surface area contributed by atoms with Crippen LogP contribution in [0.4, 0.5) is 5.69 Å². The minimum atomic E-state index is -0.531. The van der Waals surface area contributed by atoms with Crippen LogP contribution in [0.15, 0.2) is 26.6 Å². The minimum Gasteiger partial charge on any atom is -0.465 e. The van der Waals surface area contributed by atoms with Crippen molar-refractivity contribution in [2.45, 2.75) is 6.92 Å². The van der Waals surface area contributed by atoms with Gasteiger partial charge in [-0.05, 0) is 24.6 Å². The molecule has 0 aliphatic carbocycles. The van der Waals surface area contributed by atoms with E-state index in [9.17, 15) is 4.79 Å². The second-order valence-corrected chi connectivity index (χ2v) is 4.47. The Morgan fingerprint density at radius 1 is 1.32 bits per heavy atom. The molecule has 0 spiro atoms. The quantitative estimate of drug-likeness (QED) is 0.419. The summed E-state index contributed by atoms with van der Waals surface area (Å²) in [5.74, 6) is -0.890. The fourth-order valence-electron chi connectivity index (χ4n) is 1.31. The SMILES string of the molecule is COC(=O)c1cc(Br)c(C)cc1N=C(N)N=C(N)N. The van der Waals surface area contributed by atoms with Crippen molar-refractivity contribution >= 4 is 39.5 Å². The number of benzene rings is 1. The summed E-state index contributed by atoms with van der Waals surface area (Å²) in [6.07, 6.45) is 0. The first-order chi connectivity index (χ1) is 8.85. The van der Waals surface area contributed by atoms with Crippen molar-refractivity contribution in [2.24, 2.45) is 27.2 Å². The number of hydrogen-bond donors (Lipinski definition) is 3. The molecule has 0 saturated carbocycles. The molecule has 0 saturated heterocycles. The van der Waals surface area contributed by atoms with Crippen LogP contribution in [0.25, 0.3) is 0 Å². The van der Waals surface area contributed by atoms with Crippen molar-refractivity contribution in [2.75, 3.05) is 7.11 Å². The molecule has 0 heterocycles. The molecule has 102 valence electrons. The van der Waals surface area contributed by atoms with Gasteiger partial charge in [0.2, 0.25) is 5.96 Å². The van der Waals surface area contributed by atoms with Crippen molar-refractivity contribution in [3.05, 3.63) is 27.7 Å². The van der Waals surface area contributed by atoms with Crippen LogP contribution in [0.5, 0.6) is 0 Å². The van der Waals surface area contributed by atoms with E-state index < -0.39 is 5.97 Å². The van der Waals surface area contributed by atoms with E-state index in [1.54, 1.807) is 12.1 Å². The zero-order chi connectivity index (χ0) is 14.6. The second kappa shape index (κ2) is 6.19. The molecule has 0 aliphatic heterocycles. The molecule has 19 heavy (non-hydrogen) atoms. The van der Waals surface area contributed by atoms with E-state index in [-0.39, 0.29) is 17.5 Å².